The maximum atomic E-state index is 5.11. The first-order chi connectivity index (χ1) is 5.38. The third-order valence-electron chi connectivity index (χ3n) is 1.61. The van der Waals surface area contributed by atoms with Crippen molar-refractivity contribution < 1.29 is 0 Å². The lowest BCUT2D eigenvalue weighted by molar-refractivity contribution is 1.17. The highest BCUT2D eigenvalue weighted by Gasteiger charge is 2.07. The monoisotopic (exact) mass is 160 g/mol. The second-order valence-corrected chi connectivity index (χ2v) is 2.77. The van der Waals surface area contributed by atoms with Crippen molar-refractivity contribution in [2.75, 3.05) is 0 Å². The molecule has 2 heteroatoms. The Balaban J connectivity index is 2.59. The van der Waals surface area contributed by atoms with Crippen molar-refractivity contribution >= 4 is 22.8 Å². The summed E-state index contributed by atoms with van der Waals surface area (Å²) in [7, 11) is 0. The molecule has 0 bridgehead atoms. The average Bonchev–Trinajstić information content (AvgIpc) is 2.06. The molecule has 0 N–H and O–H groups in total. The fourth-order valence-electron chi connectivity index (χ4n) is 1.07. The number of thiocarbonyl (C=S) groups is 1. The summed E-state index contributed by atoms with van der Waals surface area (Å²) in [4.78, 5) is 0.871. The van der Waals surface area contributed by atoms with Crippen molar-refractivity contribution in [3.05, 3.63) is 42.1 Å². The van der Waals surface area contributed by atoms with E-state index in [1.165, 1.54) is 0 Å². The zero-order chi connectivity index (χ0) is 7.68. The zero-order valence-electron chi connectivity index (χ0n) is 5.82. The number of benzene rings is 1. The number of fused-ring (bicyclic) bond motifs is 1. The van der Waals surface area contributed by atoms with Gasteiger partial charge < -0.3 is 0 Å². The number of rotatable bonds is 0. The Hall–Kier alpha value is -1.15. The van der Waals surface area contributed by atoms with E-state index in [2.05, 4.69) is 5.32 Å². The summed E-state index contributed by atoms with van der Waals surface area (Å²) in [6.45, 7) is 0. The van der Waals surface area contributed by atoms with E-state index in [1.807, 2.05) is 30.3 Å². The van der Waals surface area contributed by atoms with Crippen LogP contribution in [0.25, 0.3) is 0 Å². The van der Waals surface area contributed by atoms with Crippen LogP contribution in [-0.2, 0) is 0 Å². The molecule has 1 aromatic carbocycles. The Bertz CT molecular complexity index is 328. The highest BCUT2D eigenvalue weighted by atomic mass is 32.1. The van der Waals surface area contributed by atoms with Crippen LogP contribution in [0.3, 0.4) is 0 Å². The van der Waals surface area contributed by atoms with Crippen molar-refractivity contribution in [3.63, 3.8) is 0 Å². The predicted molar refractivity (Wildman–Crippen MR) is 49.1 cm³/mol. The lowest BCUT2D eigenvalue weighted by Gasteiger charge is -2.09. The Morgan fingerprint density at radius 1 is 1.18 bits per heavy atom. The van der Waals surface area contributed by atoms with Crippen LogP contribution >= 0.6 is 12.2 Å². The molecule has 1 aliphatic heterocycles. The van der Waals surface area contributed by atoms with Crippen LogP contribution in [0.15, 0.2) is 36.5 Å². The van der Waals surface area contributed by atoms with Crippen LogP contribution in [0.1, 0.15) is 5.56 Å². The molecule has 2 rings (SSSR count). The van der Waals surface area contributed by atoms with Gasteiger partial charge in [-0.15, -0.1) is 0 Å². The number of nitrogens with zero attached hydrogens (tertiary/aromatic N) is 1. The number of allylic oxidation sites excluding steroid dienone is 1. The molecule has 0 spiro atoms. The van der Waals surface area contributed by atoms with Crippen LogP contribution in [0.4, 0.5) is 5.69 Å². The van der Waals surface area contributed by atoms with Gasteiger partial charge >= 0.3 is 0 Å². The van der Waals surface area contributed by atoms with E-state index in [1.54, 1.807) is 6.20 Å². The summed E-state index contributed by atoms with van der Waals surface area (Å²) in [6.07, 6.45) is 3.59. The molecule has 1 aliphatic rings. The number of para-hydroxylation sites is 1. The Morgan fingerprint density at radius 3 is 2.82 bits per heavy atom. The largest absolute Gasteiger partial charge is 0.256 e. The summed E-state index contributed by atoms with van der Waals surface area (Å²) in [5.41, 5.74) is 2.03. The van der Waals surface area contributed by atoms with Gasteiger partial charge in [0.2, 0.25) is 0 Å². The predicted octanol–water partition coefficient (Wildman–Crippen LogP) is 2.17. The molecule has 0 aliphatic carbocycles. The van der Waals surface area contributed by atoms with E-state index >= 15 is 0 Å². The minimum absolute atomic E-state index is 0.871. The first-order valence-corrected chi connectivity index (χ1v) is 3.79. The minimum Gasteiger partial charge on any atom is -0.256 e. The fraction of sp³-hybridized carbons (Fsp3) is 0. The molecular weight excluding hydrogens is 154 g/mol. The average molecular weight is 160 g/mol. The van der Waals surface area contributed by atoms with Crippen molar-refractivity contribution in [1.29, 1.82) is 0 Å². The molecule has 0 amide bonds. The van der Waals surface area contributed by atoms with Gasteiger partial charge in [-0.2, -0.15) is 0 Å². The SMILES string of the molecule is S=C1C=C[N]c2ccccc21. The highest BCUT2D eigenvalue weighted by molar-refractivity contribution is 7.81. The molecule has 0 fully saturated rings. The number of hydrogen-bond acceptors (Lipinski definition) is 1. The van der Waals surface area contributed by atoms with Crippen molar-refractivity contribution in [1.82, 2.24) is 5.32 Å². The Kier molecular flexibility index (Phi) is 1.47. The van der Waals surface area contributed by atoms with Gasteiger partial charge in [0, 0.05) is 16.6 Å². The van der Waals surface area contributed by atoms with E-state index in [9.17, 15) is 0 Å². The molecule has 1 radical (unpaired) electrons. The fourth-order valence-corrected chi connectivity index (χ4v) is 1.30. The maximum Gasteiger partial charge on any atom is 0.0716 e. The van der Waals surface area contributed by atoms with Gasteiger partial charge in [-0.05, 0) is 12.1 Å². The van der Waals surface area contributed by atoms with E-state index in [0.29, 0.717) is 0 Å². The van der Waals surface area contributed by atoms with Gasteiger partial charge in [0.15, 0.2) is 0 Å². The summed E-state index contributed by atoms with van der Waals surface area (Å²) < 4.78 is 0. The van der Waals surface area contributed by atoms with E-state index < -0.39 is 0 Å². The van der Waals surface area contributed by atoms with Crippen LogP contribution < -0.4 is 5.32 Å². The molecule has 53 valence electrons. The lowest BCUT2D eigenvalue weighted by Crippen LogP contribution is -2.04. The summed E-state index contributed by atoms with van der Waals surface area (Å²) in [6, 6.07) is 7.89. The standard InChI is InChI=1S/C9H6NS/c11-9-5-6-10-8-4-2-1-3-7(8)9/h1-6H. The number of hydrogen-bond donors (Lipinski definition) is 0. The quantitative estimate of drug-likeness (QED) is 0.530. The van der Waals surface area contributed by atoms with Crippen molar-refractivity contribution in [2.24, 2.45) is 0 Å². The Morgan fingerprint density at radius 2 is 2.00 bits per heavy atom. The Labute approximate surface area is 70.7 Å². The van der Waals surface area contributed by atoms with Crippen LogP contribution in [0.2, 0.25) is 0 Å². The van der Waals surface area contributed by atoms with E-state index in [4.69, 9.17) is 12.2 Å². The van der Waals surface area contributed by atoms with Gasteiger partial charge in [-0.3, -0.25) is 5.32 Å². The molecule has 1 heterocycles. The lowest BCUT2D eigenvalue weighted by atomic mass is 10.1. The minimum atomic E-state index is 0.871. The summed E-state index contributed by atoms with van der Waals surface area (Å²) >= 11 is 5.11. The van der Waals surface area contributed by atoms with Crippen LogP contribution in [0.5, 0.6) is 0 Å². The molecule has 0 aromatic heterocycles. The maximum absolute atomic E-state index is 5.11. The zero-order valence-corrected chi connectivity index (χ0v) is 6.64. The van der Waals surface area contributed by atoms with Crippen molar-refractivity contribution in [3.8, 4) is 0 Å². The smallest absolute Gasteiger partial charge is 0.0716 e. The van der Waals surface area contributed by atoms with Gasteiger partial charge in [-0.25, -0.2) is 0 Å². The molecule has 0 unspecified atom stereocenters. The highest BCUT2D eigenvalue weighted by Crippen LogP contribution is 2.19. The van der Waals surface area contributed by atoms with Gasteiger partial charge in [0.25, 0.3) is 0 Å². The molecule has 11 heavy (non-hydrogen) atoms. The topological polar surface area (TPSA) is 14.1 Å². The van der Waals surface area contributed by atoms with E-state index in [0.717, 1.165) is 16.1 Å². The molecule has 0 saturated heterocycles. The van der Waals surface area contributed by atoms with Gasteiger partial charge in [0.1, 0.15) is 0 Å². The molecule has 1 aromatic rings. The van der Waals surface area contributed by atoms with Gasteiger partial charge in [0.05, 0.1) is 5.69 Å². The first-order valence-electron chi connectivity index (χ1n) is 3.39. The first kappa shape index (κ1) is 6.55. The van der Waals surface area contributed by atoms with Gasteiger partial charge in [-0.1, -0.05) is 30.4 Å². The molecular formula is C9H6NS. The molecule has 0 saturated carbocycles. The summed E-state index contributed by atoms with van der Waals surface area (Å²) in [5.74, 6) is 0. The van der Waals surface area contributed by atoms with E-state index in [-0.39, 0.29) is 0 Å². The third-order valence-corrected chi connectivity index (χ3v) is 1.97. The summed E-state index contributed by atoms with van der Waals surface area (Å²) in [5, 5.41) is 4.18. The van der Waals surface area contributed by atoms with Crippen molar-refractivity contribution in [2.45, 2.75) is 0 Å². The molecule has 0 atom stereocenters. The van der Waals surface area contributed by atoms with Crippen LogP contribution in [-0.4, -0.2) is 4.86 Å². The normalized spacial score (nSPS) is 14.0. The second kappa shape index (κ2) is 2.47. The molecule has 1 nitrogen and oxygen atoms in total. The third kappa shape index (κ3) is 1.05. The second-order valence-electron chi connectivity index (χ2n) is 2.33. The van der Waals surface area contributed by atoms with Crippen LogP contribution in [0, 0.1) is 0 Å².